The summed E-state index contributed by atoms with van der Waals surface area (Å²) >= 11 is 0. The van der Waals surface area contributed by atoms with E-state index in [1.807, 2.05) is 0 Å². The summed E-state index contributed by atoms with van der Waals surface area (Å²) in [7, 11) is 0. The highest BCUT2D eigenvalue weighted by Crippen LogP contribution is 2.40. The number of hydrogen-bond donors (Lipinski definition) is 2. The Balaban J connectivity index is 2.00. The molecule has 2 heterocycles. The molecule has 98 valence electrons. The fourth-order valence-electron chi connectivity index (χ4n) is 2.79. The van der Waals surface area contributed by atoms with Crippen LogP contribution in [0.25, 0.3) is 0 Å². The van der Waals surface area contributed by atoms with E-state index < -0.39 is 6.10 Å². The molecule has 1 saturated heterocycles. The van der Waals surface area contributed by atoms with Crippen LogP contribution in [0.15, 0.2) is 18.2 Å². The summed E-state index contributed by atoms with van der Waals surface area (Å²) in [5, 5.41) is 13.3. The molecule has 0 saturated carbocycles. The molecule has 2 aliphatic heterocycles. The molecular formula is C15H21NO2. The Morgan fingerprint density at radius 1 is 1.33 bits per heavy atom. The van der Waals surface area contributed by atoms with E-state index in [0.29, 0.717) is 6.61 Å². The van der Waals surface area contributed by atoms with Gasteiger partial charge in [-0.2, -0.15) is 0 Å². The van der Waals surface area contributed by atoms with Gasteiger partial charge >= 0.3 is 0 Å². The Kier molecular flexibility index (Phi) is 2.65. The monoisotopic (exact) mass is 247 g/mol. The van der Waals surface area contributed by atoms with Crippen LogP contribution in [0.2, 0.25) is 0 Å². The lowest BCUT2D eigenvalue weighted by Gasteiger charge is -2.40. The van der Waals surface area contributed by atoms with Gasteiger partial charge in [0.15, 0.2) is 0 Å². The molecule has 18 heavy (non-hydrogen) atoms. The lowest BCUT2D eigenvalue weighted by atomic mass is 9.82. The summed E-state index contributed by atoms with van der Waals surface area (Å²) in [4.78, 5) is 0. The first-order valence-electron chi connectivity index (χ1n) is 6.66. The van der Waals surface area contributed by atoms with Crippen LogP contribution in [0.1, 0.15) is 44.4 Å². The zero-order valence-electron chi connectivity index (χ0n) is 11.2. The summed E-state index contributed by atoms with van der Waals surface area (Å²) in [5.41, 5.74) is 3.84. The highest BCUT2D eigenvalue weighted by molar-refractivity contribution is 5.57. The van der Waals surface area contributed by atoms with Crippen molar-refractivity contribution in [1.29, 1.82) is 0 Å². The smallest absolute Gasteiger partial charge is 0.0975 e. The van der Waals surface area contributed by atoms with Gasteiger partial charge in [0.2, 0.25) is 0 Å². The van der Waals surface area contributed by atoms with Gasteiger partial charge in [-0.1, -0.05) is 32.9 Å². The lowest BCUT2D eigenvalue weighted by molar-refractivity contribution is -0.0672. The number of nitrogens with one attached hydrogen (secondary N) is 1. The van der Waals surface area contributed by atoms with E-state index in [-0.39, 0.29) is 17.6 Å². The highest BCUT2D eigenvalue weighted by atomic mass is 16.5. The topological polar surface area (TPSA) is 41.5 Å². The van der Waals surface area contributed by atoms with E-state index in [4.69, 9.17) is 4.74 Å². The number of ether oxygens (including phenoxy) is 1. The molecule has 2 aliphatic rings. The average molecular weight is 247 g/mol. The van der Waals surface area contributed by atoms with Gasteiger partial charge in [0, 0.05) is 17.7 Å². The third kappa shape index (κ3) is 1.91. The van der Waals surface area contributed by atoms with Crippen LogP contribution in [0.3, 0.4) is 0 Å². The summed E-state index contributed by atoms with van der Waals surface area (Å²) in [5.74, 6) is 0. The third-order valence-corrected chi connectivity index (χ3v) is 4.01. The van der Waals surface area contributed by atoms with E-state index in [1.54, 1.807) is 0 Å². The Morgan fingerprint density at radius 3 is 2.83 bits per heavy atom. The van der Waals surface area contributed by atoms with Crippen LogP contribution >= 0.6 is 0 Å². The van der Waals surface area contributed by atoms with Gasteiger partial charge < -0.3 is 15.2 Å². The lowest BCUT2D eigenvalue weighted by Crippen LogP contribution is -2.46. The van der Waals surface area contributed by atoms with E-state index in [9.17, 15) is 5.11 Å². The second-order valence-electron chi connectivity index (χ2n) is 6.43. The molecule has 3 heteroatoms. The summed E-state index contributed by atoms with van der Waals surface area (Å²) in [6, 6.07) is 6.67. The van der Waals surface area contributed by atoms with Crippen LogP contribution < -0.4 is 5.32 Å². The largest absolute Gasteiger partial charge is 0.389 e. The fraction of sp³-hybridized carbons (Fsp3) is 0.600. The van der Waals surface area contributed by atoms with Crippen molar-refractivity contribution >= 4 is 5.69 Å². The van der Waals surface area contributed by atoms with Gasteiger partial charge in [-0.25, -0.2) is 0 Å². The summed E-state index contributed by atoms with van der Waals surface area (Å²) < 4.78 is 5.77. The Morgan fingerprint density at radius 2 is 2.11 bits per heavy atom. The van der Waals surface area contributed by atoms with Crippen LogP contribution in [0.5, 0.6) is 0 Å². The minimum Gasteiger partial charge on any atom is -0.389 e. The van der Waals surface area contributed by atoms with Crippen molar-refractivity contribution in [2.45, 2.75) is 50.9 Å². The molecule has 1 aromatic carbocycles. The molecule has 3 nitrogen and oxygen atoms in total. The third-order valence-electron chi connectivity index (χ3n) is 4.01. The average Bonchev–Trinajstić information content (AvgIpc) is 2.32. The maximum absolute atomic E-state index is 9.84. The van der Waals surface area contributed by atoms with Crippen molar-refractivity contribution in [2.24, 2.45) is 0 Å². The van der Waals surface area contributed by atoms with Crippen LogP contribution in [-0.4, -0.2) is 23.9 Å². The number of aliphatic hydroxyl groups excluding tert-OH is 1. The van der Waals surface area contributed by atoms with Crippen molar-refractivity contribution in [3.05, 3.63) is 29.3 Å². The first-order valence-corrected chi connectivity index (χ1v) is 6.66. The predicted molar refractivity (Wildman–Crippen MR) is 71.9 cm³/mol. The molecule has 3 rings (SSSR count). The number of rotatable bonds is 0. The van der Waals surface area contributed by atoms with E-state index in [1.165, 1.54) is 11.1 Å². The molecule has 0 radical (unpaired) electrons. The maximum atomic E-state index is 9.84. The number of anilines is 1. The highest BCUT2D eigenvalue weighted by Gasteiger charge is 2.36. The Bertz CT molecular complexity index is 464. The normalized spacial score (nSPS) is 30.6. The van der Waals surface area contributed by atoms with Crippen LogP contribution in [-0.2, 0) is 10.2 Å². The Hall–Kier alpha value is -1.06. The first kappa shape index (κ1) is 12.0. The molecule has 0 spiro atoms. The number of hydrogen-bond acceptors (Lipinski definition) is 3. The molecule has 1 aromatic rings. The minimum atomic E-state index is -0.392. The first-order chi connectivity index (χ1) is 8.45. The molecular weight excluding hydrogens is 226 g/mol. The number of aliphatic hydroxyl groups is 1. The summed E-state index contributed by atoms with van der Waals surface area (Å²) in [6.07, 6.45) is 0.607. The zero-order valence-corrected chi connectivity index (χ0v) is 11.2. The Labute approximate surface area is 108 Å². The van der Waals surface area contributed by atoms with Gasteiger partial charge in [-0.3, -0.25) is 0 Å². The molecule has 1 fully saturated rings. The van der Waals surface area contributed by atoms with Crippen molar-refractivity contribution in [2.75, 3.05) is 11.9 Å². The minimum absolute atomic E-state index is 0.136. The predicted octanol–water partition coefficient (Wildman–Crippen LogP) is 2.60. The van der Waals surface area contributed by atoms with Gasteiger partial charge in [-0.05, 0) is 17.0 Å². The number of fused-ring (bicyclic) bond motifs is 4. The van der Waals surface area contributed by atoms with Crippen molar-refractivity contribution < 1.29 is 9.84 Å². The van der Waals surface area contributed by atoms with Gasteiger partial charge in [0.25, 0.3) is 0 Å². The van der Waals surface area contributed by atoms with Crippen LogP contribution in [0.4, 0.5) is 5.69 Å². The van der Waals surface area contributed by atoms with Gasteiger partial charge in [0.1, 0.15) is 0 Å². The van der Waals surface area contributed by atoms with Crippen LogP contribution in [0, 0.1) is 0 Å². The second-order valence-corrected chi connectivity index (χ2v) is 6.43. The van der Waals surface area contributed by atoms with Crippen molar-refractivity contribution in [1.82, 2.24) is 0 Å². The fourth-order valence-corrected chi connectivity index (χ4v) is 2.79. The zero-order chi connectivity index (χ0) is 12.9. The van der Waals surface area contributed by atoms with Crippen molar-refractivity contribution in [3.8, 4) is 0 Å². The molecule has 2 bridgehead atoms. The molecule has 2 N–H and O–H groups in total. The maximum Gasteiger partial charge on any atom is 0.0975 e. The molecule has 0 aromatic heterocycles. The number of benzene rings is 1. The molecule has 3 unspecified atom stereocenters. The second kappa shape index (κ2) is 3.97. The molecule has 0 amide bonds. The van der Waals surface area contributed by atoms with E-state index in [2.05, 4.69) is 44.3 Å². The van der Waals surface area contributed by atoms with Gasteiger partial charge in [0.05, 0.1) is 24.9 Å². The van der Waals surface area contributed by atoms with Crippen molar-refractivity contribution in [3.63, 3.8) is 0 Å². The molecule has 3 atom stereocenters. The SMILES string of the molecule is CC(C)(C)c1ccc2c(c1)C1CC(N2)C(O)CO1. The standard InChI is InChI=1S/C15H21NO2/c1-15(2,3)9-4-5-11-10(6-9)14-7-12(16-11)13(17)8-18-14/h4-6,12-14,16-17H,7-8H2,1-3H3. The summed E-state index contributed by atoms with van der Waals surface area (Å²) in [6.45, 7) is 7.10. The molecule has 0 aliphatic carbocycles. The quantitative estimate of drug-likeness (QED) is 0.740. The van der Waals surface area contributed by atoms with Gasteiger partial charge in [-0.15, -0.1) is 0 Å². The van der Waals surface area contributed by atoms with E-state index in [0.717, 1.165) is 12.1 Å². The van der Waals surface area contributed by atoms with E-state index >= 15 is 0 Å².